The Hall–Kier alpha value is -2.75. The topological polar surface area (TPSA) is 101 Å². The molecule has 2 aromatic carbocycles. The molecule has 0 spiro atoms. The van der Waals surface area contributed by atoms with Gasteiger partial charge in [-0.05, 0) is 24.3 Å². The van der Waals surface area contributed by atoms with Crippen molar-refractivity contribution in [1.82, 2.24) is 19.6 Å². The van der Waals surface area contributed by atoms with Gasteiger partial charge >= 0.3 is 6.03 Å². The van der Waals surface area contributed by atoms with Crippen LogP contribution in [0.2, 0.25) is 5.15 Å². The van der Waals surface area contributed by atoms with E-state index in [1.165, 1.54) is 17.0 Å². The average Bonchev–Trinajstić information content (AvgIpc) is 2.73. The number of para-hydroxylation sites is 2. The molecule has 2 heterocycles. The maximum absolute atomic E-state index is 12.6. The van der Waals surface area contributed by atoms with Gasteiger partial charge in [-0.15, -0.1) is 0 Å². The molecule has 1 aromatic heterocycles. The van der Waals surface area contributed by atoms with Crippen molar-refractivity contribution in [2.75, 3.05) is 19.7 Å². The van der Waals surface area contributed by atoms with Crippen molar-refractivity contribution < 1.29 is 17.9 Å². The molecular formula is C19H17ClN4O4S. The SMILES string of the molecule is O=C(NS(=O)(=O)c1ccccc1)N1CCOC(c2nc3ccccc3nc2Cl)C1. The number of hydrogen-bond acceptors (Lipinski definition) is 6. The highest BCUT2D eigenvalue weighted by atomic mass is 35.5. The number of carbonyl (C=O) groups is 1. The molecule has 10 heteroatoms. The van der Waals surface area contributed by atoms with Crippen LogP contribution in [0, 0.1) is 0 Å². The lowest BCUT2D eigenvalue weighted by atomic mass is 10.2. The summed E-state index contributed by atoms with van der Waals surface area (Å²) < 4.78 is 32.6. The van der Waals surface area contributed by atoms with Crippen LogP contribution in [-0.4, -0.2) is 49.0 Å². The number of rotatable bonds is 3. The van der Waals surface area contributed by atoms with Gasteiger partial charge in [0, 0.05) is 6.54 Å². The molecule has 2 amide bonds. The number of aromatic nitrogens is 2. The molecule has 1 atom stereocenters. The standard InChI is InChI=1S/C19H17ClN4O4S/c20-18-17(21-14-8-4-5-9-15(14)22-18)16-12-24(10-11-28-16)19(25)23-29(26,27)13-6-2-1-3-7-13/h1-9,16H,10-12H2,(H,23,25). The molecule has 1 fully saturated rings. The van der Waals surface area contributed by atoms with E-state index in [1.807, 2.05) is 18.2 Å². The van der Waals surface area contributed by atoms with Gasteiger partial charge in [-0.2, -0.15) is 0 Å². The second-order valence-corrected chi connectivity index (χ2v) is 8.46. The van der Waals surface area contributed by atoms with Gasteiger partial charge in [0.2, 0.25) is 0 Å². The number of morpholine rings is 1. The first-order valence-corrected chi connectivity index (χ1v) is 10.7. The number of nitrogens with one attached hydrogen (secondary N) is 1. The first-order chi connectivity index (χ1) is 13.9. The summed E-state index contributed by atoms with van der Waals surface area (Å²) in [7, 11) is -3.96. The highest BCUT2D eigenvalue weighted by molar-refractivity contribution is 7.90. The maximum atomic E-state index is 12.6. The number of ether oxygens (including phenoxy) is 1. The molecule has 1 N–H and O–H groups in total. The molecule has 1 aliphatic heterocycles. The fraction of sp³-hybridized carbons (Fsp3) is 0.211. The molecule has 1 aliphatic rings. The van der Waals surface area contributed by atoms with Gasteiger partial charge < -0.3 is 9.64 Å². The lowest BCUT2D eigenvalue weighted by molar-refractivity contribution is -0.0168. The van der Waals surface area contributed by atoms with Crippen LogP contribution < -0.4 is 4.72 Å². The van der Waals surface area contributed by atoms with E-state index >= 15 is 0 Å². The van der Waals surface area contributed by atoms with Crippen molar-refractivity contribution >= 4 is 38.7 Å². The van der Waals surface area contributed by atoms with Crippen LogP contribution in [0.3, 0.4) is 0 Å². The van der Waals surface area contributed by atoms with Gasteiger partial charge in [-0.25, -0.2) is 27.9 Å². The zero-order valence-electron chi connectivity index (χ0n) is 15.2. The first kappa shape index (κ1) is 19.6. The number of amides is 2. The Labute approximate surface area is 172 Å². The fourth-order valence-corrected chi connectivity index (χ4v) is 4.28. The molecule has 0 bridgehead atoms. The summed E-state index contributed by atoms with van der Waals surface area (Å²) >= 11 is 6.28. The molecule has 3 aromatic rings. The minimum Gasteiger partial charge on any atom is -0.368 e. The maximum Gasteiger partial charge on any atom is 0.331 e. The molecule has 4 rings (SSSR count). The zero-order chi connectivity index (χ0) is 20.4. The molecule has 1 saturated heterocycles. The summed E-state index contributed by atoms with van der Waals surface area (Å²) in [5, 5.41) is 0.188. The normalized spacial score (nSPS) is 17.3. The predicted molar refractivity (Wildman–Crippen MR) is 107 cm³/mol. The molecule has 150 valence electrons. The lowest BCUT2D eigenvalue weighted by Crippen LogP contribution is -2.48. The van der Waals surface area contributed by atoms with E-state index < -0.39 is 22.2 Å². The Kier molecular flexibility index (Phi) is 5.35. The number of halogens is 1. The van der Waals surface area contributed by atoms with Crippen molar-refractivity contribution in [3.63, 3.8) is 0 Å². The van der Waals surface area contributed by atoms with E-state index in [-0.39, 0.29) is 29.7 Å². The number of sulfonamides is 1. The number of fused-ring (bicyclic) bond motifs is 1. The van der Waals surface area contributed by atoms with Crippen molar-refractivity contribution in [3.8, 4) is 0 Å². The van der Waals surface area contributed by atoms with Crippen LogP contribution in [0.4, 0.5) is 4.79 Å². The minimum atomic E-state index is -3.96. The van der Waals surface area contributed by atoms with Crippen LogP contribution in [0.1, 0.15) is 11.8 Å². The van der Waals surface area contributed by atoms with Gasteiger partial charge in [0.1, 0.15) is 11.8 Å². The summed E-state index contributed by atoms with van der Waals surface area (Å²) in [6.45, 7) is 0.558. The smallest absolute Gasteiger partial charge is 0.331 e. The number of urea groups is 1. The number of nitrogens with zero attached hydrogens (tertiary/aromatic N) is 3. The monoisotopic (exact) mass is 432 g/mol. The highest BCUT2D eigenvalue weighted by Gasteiger charge is 2.30. The van der Waals surface area contributed by atoms with Crippen LogP contribution in [0.5, 0.6) is 0 Å². The van der Waals surface area contributed by atoms with Crippen molar-refractivity contribution in [3.05, 3.63) is 65.4 Å². The first-order valence-electron chi connectivity index (χ1n) is 8.84. The van der Waals surface area contributed by atoms with Crippen LogP contribution in [0.15, 0.2) is 59.5 Å². The molecule has 8 nitrogen and oxygen atoms in total. The Bertz CT molecular complexity index is 1160. The number of benzene rings is 2. The van der Waals surface area contributed by atoms with E-state index in [2.05, 4.69) is 14.7 Å². The van der Waals surface area contributed by atoms with Gasteiger partial charge in [0.25, 0.3) is 10.0 Å². The van der Waals surface area contributed by atoms with E-state index in [0.717, 1.165) is 0 Å². The van der Waals surface area contributed by atoms with E-state index in [4.69, 9.17) is 16.3 Å². The second kappa shape index (κ2) is 7.94. The highest BCUT2D eigenvalue weighted by Crippen LogP contribution is 2.27. The Morgan fingerprint density at radius 3 is 2.45 bits per heavy atom. The van der Waals surface area contributed by atoms with Crippen LogP contribution >= 0.6 is 11.6 Å². The fourth-order valence-electron chi connectivity index (χ4n) is 3.03. The molecule has 1 unspecified atom stereocenters. The summed E-state index contributed by atoms with van der Waals surface area (Å²) in [5.41, 5.74) is 1.72. The Balaban J connectivity index is 1.53. The van der Waals surface area contributed by atoms with Crippen LogP contribution in [0.25, 0.3) is 11.0 Å². The van der Waals surface area contributed by atoms with Gasteiger partial charge in [-0.1, -0.05) is 41.9 Å². The third-order valence-electron chi connectivity index (χ3n) is 4.49. The van der Waals surface area contributed by atoms with E-state index in [0.29, 0.717) is 16.7 Å². The molecule has 0 aliphatic carbocycles. The van der Waals surface area contributed by atoms with Gasteiger partial charge in [0.05, 0.1) is 29.1 Å². The molecule has 0 saturated carbocycles. The number of carbonyl (C=O) groups excluding carboxylic acids is 1. The predicted octanol–water partition coefficient (Wildman–Crippen LogP) is 2.76. The van der Waals surface area contributed by atoms with Crippen molar-refractivity contribution in [1.29, 1.82) is 0 Å². The zero-order valence-corrected chi connectivity index (χ0v) is 16.7. The minimum absolute atomic E-state index is 0.0154. The summed E-state index contributed by atoms with van der Waals surface area (Å²) in [6, 6.07) is 14.3. The third-order valence-corrected chi connectivity index (χ3v) is 6.10. The van der Waals surface area contributed by atoms with Crippen molar-refractivity contribution in [2.45, 2.75) is 11.0 Å². The number of hydrogen-bond donors (Lipinski definition) is 1. The van der Waals surface area contributed by atoms with Crippen molar-refractivity contribution in [2.24, 2.45) is 0 Å². The molecule has 0 radical (unpaired) electrons. The lowest BCUT2D eigenvalue weighted by Gasteiger charge is -2.32. The van der Waals surface area contributed by atoms with E-state index in [9.17, 15) is 13.2 Å². The second-order valence-electron chi connectivity index (χ2n) is 6.42. The van der Waals surface area contributed by atoms with Crippen LogP contribution in [-0.2, 0) is 14.8 Å². The Morgan fingerprint density at radius 1 is 1.07 bits per heavy atom. The third kappa shape index (κ3) is 4.16. The molecular weight excluding hydrogens is 416 g/mol. The van der Waals surface area contributed by atoms with Gasteiger partial charge in [0.15, 0.2) is 5.15 Å². The summed E-state index contributed by atoms with van der Waals surface area (Å²) in [6.07, 6.45) is -0.612. The average molecular weight is 433 g/mol. The Morgan fingerprint density at radius 2 is 1.72 bits per heavy atom. The molecule has 29 heavy (non-hydrogen) atoms. The quantitative estimate of drug-likeness (QED) is 0.682. The summed E-state index contributed by atoms with van der Waals surface area (Å²) in [5.74, 6) is 0. The van der Waals surface area contributed by atoms with E-state index in [1.54, 1.807) is 24.3 Å². The largest absolute Gasteiger partial charge is 0.368 e. The van der Waals surface area contributed by atoms with Gasteiger partial charge in [-0.3, -0.25) is 0 Å². The summed E-state index contributed by atoms with van der Waals surface area (Å²) in [4.78, 5) is 22.8.